The number of carbonyl (C=O) groups is 2. The van der Waals surface area contributed by atoms with Crippen LogP contribution in [0.4, 0.5) is 10.5 Å². The summed E-state index contributed by atoms with van der Waals surface area (Å²) >= 11 is 5.84. The molecule has 0 heterocycles. The molecule has 1 aromatic rings. The van der Waals surface area contributed by atoms with Crippen molar-refractivity contribution in [2.45, 2.75) is 39.2 Å². The minimum atomic E-state index is -1.18. The summed E-state index contributed by atoms with van der Waals surface area (Å²) in [7, 11) is 0. The molecule has 1 rings (SSSR count). The number of carbonyl (C=O) groups excluding carboxylic acids is 1. The van der Waals surface area contributed by atoms with Crippen LogP contribution >= 0.6 is 11.6 Å². The van der Waals surface area contributed by atoms with Crippen molar-refractivity contribution < 1.29 is 14.7 Å². The number of carboxylic acids is 1. The molecule has 20 heavy (non-hydrogen) atoms. The third kappa shape index (κ3) is 3.87. The van der Waals surface area contributed by atoms with E-state index >= 15 is 0 Å². The van der Waals surface area contributed by atoms with Crippen molar-refractivity contribution in [2.75, 3.05) is 5.32 Å². The average Bonchev–Trinajstić information content (AvgIpc) is 2.38. The van der Waals surface area contributed by atoms with E-state index in [1.54, 1.807) is 6.07 Å². The second kappa shape index (κ2) is 6.61. The quantitative estimate of drug-likeness (QED) is 0.775. The van der Waals surface area contributed by atoms with E-state index in [-0.39, 0.29) is 21.8 Å². The molecule has 0 bridgehead atoms. The van der Waals surface area contributed by atoms with Gasteiger partial charge in [0.25, 0.3) is 0 Å². The minimum Gasteiger partial charge on any atom is -0.478 e. The van der Waals surface area contributed by atoms with Crippen LogP contribution in [-0.2, 0) is 0 Å². The van der Waals surface area contributed by atoms with Gasteiger partial charge in [-0.15, -0.1) is 0 Å². The van der Waals surface area contributed by atoms with Crippen LogP contribution in [0.25, 0.3) is 0 Å². The van der Waals surface area contributed by atoms with Crippen LogP contribution in [0.2, 0.25) is 5.02 Å². The standard InChI is InChI=1S/C14H19ClN2O3/c1-4-14(3,5-2)17-13(20)16-10-8-6-7-9(15)11(10)12(18)19/h6-8H,4-5H2,1-3H3,(H,18,19)(H2,16,17,20). The summed E-state index contributed by atoms with van der Waals surface area (Å²) in [6.45, 7) is 5.89. The molecule has 1 aromatic carbocycles. The lowest BCUT2D eigenvalue weighted by atomic mass is 9.96. The van der Waals surface area contributed by atoms with Crippen molar-refractivity contribution >= 4 is 29.3 Å². The van der Waals surface area contributed by atoms with E-state index in [1.807, 2.05) is 20.8 Å². The third-order valence-electron chi connectivity index (χ3n) is 3.45. The summed E-state index contributed by atoms with van der Waals surface area (Å²) in [6.07, 6.45) is 1.55. The van der Waals surface area contributed by atoms with Crippen molar-refractivity contribution in [3.05, 3.63) is 28.8 Å². The van der Waals surface area contributed by atoms with Crippen LogP contribution in [0.3, 0.4) is 0 Å². The van der Waals surface area contributed by atoms with Crippen LogP contribution in [0.5, 0.6) is 0 Å². The Labute approximate surface area is 123 Å². The number of carboxylic acid groups (broad SMARTS) is 1. The minimum absolute atomic E-state index is 0.0871. The monoisotopic (exact) mass is 298 g/mol. The average molecular weight is 299 g/mol. The Kier molecular flexibility index (Phi) is 5.39. The van der Waals surface area contributed by atoms with Gasteiger partial charge >= 0.3 is 12.0 Å². The van der Waals surface area contributed by atoms with Gasteiger partial charge in [0.1, 0.15) is 5.56 Å². The second-order valence-electron chi connectivity index (χ2n) is 4.81. The molecule has 2 amide bonds. The SMILES string of the molecule is CCC(C)(CC)NC(=O)Nc1cccc(Cl)c1C(=O)O. The number of rotatable bonds is 5. The van der Waals surface area contributed by atoms with Crippen LogP contribution < -0.4 is 10.6 Å². The number of amides is 2. The Morgan fingerprint density at radius 3 is 2.40 bits per heavy atom. The molecule has 0 aliphatic heterocycles. The fraction of sp³-hybridized carbons (Fsp3) is 0.429. The molecule has 0 aromatic heterocycles. The fourth-order valence-electron chi connectivity index (χ4n) is 1.70. The van der Waals surface area contributed by atoms with Gasteiger partial charge in [-0.05, 0) is 31.9 Å². The molecule has 6 heteroatoms. The highest BCUT2D eigenvalue weighted by Gasteiger charge is 2.23. The van der Waals surface area contributed by atoms with Gasteiger partial charge in [0.15, 0.2) is 0 Å². The summed E-state index contributed by atoms with van der Waals surface area (Å²) in [5.41, 5.74) is -0.262. The summed E-state index contributed by atoms with van der Waals surface area (Å²) in [6, 6.07) is 4.12. The Bertz CT molecular complexity index is 513. The number of aromatic carboxylic acids is 1. The number of nitrogens with one attached hydrogen (secondary N) is 2. The van der Waals surface area contributed by atoms with Gasteiger partial charge in [-0.25, -0.2) is 9.59 Å². The molecule has 0 saturated carbocycles. The molecule has 0 unspecified atom stereocenters. The number of halogens is 1. The highest BCUT2D eigenvalue weighted by molar-refractivity contribution is 6.34. The maximum atomic E-state index is 12.0. The normalized spacial score (nSPS) is 11.0. The fourth-order valence-corrected chi connectivity index (χ4v) is 1.96. The first-order valence-electron chi connectivity index (χ1n) is 6.44. The molecular formula is C14H19ClN2O3. The van der Waals surface area contributed by atoms with E-state index in [0.717, 1.165) is 12.8 Å². The zero-order valence-electron chi connectivity index (χ0n) is 11.8. The second-order valence-corrected chi connectivity index (χ2v) is 5.22. The van der Waals surface area contributed by atoms with Crippen molar-refractivity contribution in [3.8, 4) is 0 Å². The highest BCUT2D eigenvalue weighted by Crippen LogP contribution is 2.24. The molecule has 0 aliphatic rings. The Balaban J connectivity index is 2.92. The number of hydrogen-bond acceptors (Lipinski definition) is 2. The first-order valence-corrected chi connectivity index (χ1v) is 6.81. The molecule has 110 valence electrons. The van der Waals surface area contributed by atoms with Crippen LogP contribution in [0.1, 0.15) is 44.0 Å². The molecule has 0 radical (unpaired) electrons. The molecule has 0 saturated heterocycles. The third-order valence-corrected chi connectivity index (χ3v) is 3.77. The number of benzene rings is 1. The predicted molar refractivity (Wildman–Crippen MR) is 79.6 cm³/mol. The summed E-state index contributed by atoms with van der Waals surface area (Å²) < 4.78 is 0. The zero-order chi connectivity index (χ0) is 15.3. The summed E-state index contributed by atoms with van der Waals surface area (Å²) in [4.78, 5) is 23.1. The van der Waals surface area contributed by atoms with E-state index < -0.39 is 12.0 Å². The first-order chi connectivity index (χ1) is 9.33. The van der Waals surface area contributed by atoms with Crippen LogP contribution in [0, 0.1) is 0 Å². The maximum absolute atomic E-state index is 12.0. The lowest BCUT2D eigenvalue weighted by Gasteiger charge is -2.28. The van der Waals surface area contributed by atoms with Gasteiger partial charge in [0, 0.05) is 5.54 Å². The van der Waals surface area contributed by atoms with Gasteiger partial charge in [-0.2, -0.15) is 0 Å². The molecule has 5 nitrogen and oxygen atoms in total. The maximum Gasteiger partial charge on any atom is 0.339 e. The van der Waals surface area contributed by atoms with Gasteiger partial charge in [0.2, 0.25) is 0 Å². The Hall–Kier alpha value is -1.75. The molecule has 0 spiro atoms. The topological polar surface area (TPSA) is 78.4 Å². The van der Waals surface area contributed by atoms with Gasteiger partial charge in [-0.1, -0.05) is 31.5 Å². The van der Waals surface area contributed by atoms with Gasteiger partial charge in [-0.3, -0.25) is 0 Å². The zero-order valence-corrected chi connectivity index (χ0v) is 12.5. The van der Waals surface area contributed by atoms with Crippen molar-refractivity contribution in [3.63, 3.8) is 0 Å². The van der Waals surface area contributed by atoms with Crippen molar-refractivity contribution in [2.24, 2.45) is 0 Å². The lowest BCUT2D eigenvalue weighted by molar-refractivity contribution is 0.0698. The molecule has 0 atom stereocenters. The summed E-state index contributed by atoms with van der Waals surface area (Å²) in [5.74, 6) is -1.18. The van der Waals surface area contributed by atoms with E-state index in [2.05, 4.69) is 10.6 Å². The predicted octanol–water partition coefficient (Wildman–Crippen LogP) is 3.74. The van der Waals surface area contributed by atoms with E-state index in [4.69, 9.17) is 16.7 Å². The molecule has 0 fully saturated rings. The Morgan fingerprint density at radius 2 is 1.90 bits per heavy atom. The lowest BCUT2D eigenvalue weighted by Crippen LogP contribution is -2.47. The van der Waals surface area contributed by atoms with E-state index in [1.165, 1.54) is 12.1 Å². The van der Waals surface area contributed by atoms with Gasteiger partial charge in [0.05, 0.1) is 10.7 Å². The Morgan fingerprint density at radius 1 is 1.30 bits per heavy atom. The summed E-state index contributed by atoms with van der Waals surface area (Å²) in [5, 5.41) is 14.6. The highest BCUT2D eigenvalue weighted by atomic mass is 35.5. The molecule has 3 N–H and O–H groups in total. The first kappa shape index (κ1) is 16.3. The number of anilines is 1. The largest absolute Gasteiger partial charge is 0.478 e. The van der Waals surface area contributed by atoms with Crippen molar-refractivity contribution in [1.82, 2.24) is 5.32 Å². The smallest absolute Gasteiger partial charge is 0.339 e. The van der Waals surface area contributed by atoms with Gasteiger partial charge < -0.3 is 15.7 Å². The number of urea groups is 1. The molecule has 0 aliphatic carbocycles. The van der Waals surface area contributed by atoms with E-state index in [9.17, 15) is 9.59 Å². The van der Waals surface area contributed by atoms with E-state index in [0.29, 0.717) is 0 Å². The van der Waals surface area contributed by atoms with Crippen LogP contribution in [-0.4, -0.2) is 22.6 Å². The number of hydrogen-bond donors (Lipinski definition) is 3. The van der Waals surface area contributed by atoms with Crippen LogP contribution in [0.15, 0.2) is 18.2 Å². The molecular weight excluding hydrogens is 280 g/mol. The van der Waals surface area contributed by atoms with Crippen molar-refractivity contribution in [1.29, 1.82) is 0 Å².